The van der Waals surface area contributed by atoms with Gasteiger partial charge in [-0.15, -0.1) is 0 Å². The number of nitrogens with zero attached hydrogens (tertiary/aromatic N) is 1. The third-order valence-electron chi connectivity index (χ3n) is 4.19. The molecule has 4 rings (SSSR count). The first-order chi connectivity index (χ1) is 14.6. The Kier molecular flexibility index (Phi) is 5.71. The van der Waals surface area contributed by atoms with Crippen LogP contribution in [0.2, 0.25) is 0 Å². The molecule has 0 spiro atoms. The number of rotatable bonds is 8. The number of nitrogens with one attached hydrogen (secondary N) is 2. The molecule has 0 saturated heterocycles. The molecule has 1 aromatic carbocycles. The highest BCUT2D eigenvalue weighted by atomic mass is 32.2. The largest absolute Gasteiger partial charge is 0.478 e. The smallest absolute Gasteiger partial charge is 0.335 e. The van der Waals surface area contributed by atoms with Crippen LogP contribution < -0.4 is 5.32 Å². The summed E-state index contributed by atoms with van der Waals surface area (Å²) in [5.74, 6) is 0.581. The molecule has 0 aliphatic carbocycles. The molecule has 0 atom stereocenters. The summed E-state index contributed by atoms with van der Waals surface area (Å²) in [5, 5.41) is 12.3. The fourth-order valence-corrected chi connectivity index (χ4v) is 3.58. The predicted molar refractivity (Wildman–Crippen MR) is 111 cm³/mol. The summed E-state index contributed by atoms with van der Waals surface area (Å²) in [6, 6.07) is 13.2. The first kappa shape index (κ1) is 19.6. The normalized spacial score (nSPS) is 10.8. The van der Waals surface area contributed by atoms with Crippen LogP contribution in [-0.4, -0.2) is 32.7 Å². The summed E-state index contributed by atoms with van der Waals surface area (Å²) in [7, 11) is 0. The van der Waals surface area contributed by atoms with Gasteiger partial charge in [0.1, 0.15) is 11.4 Å². The molecular weight excluding hydrogens is 406 g/mol. The van der Waals surface area contributed by atoms with Crippen molar-refractivity contribution in [1.29, 1.82) is 0 Å². The summed E-state index contributed by atoms with van der Waals surface area (Å²) in [4.78, 5) is 30.8. The summed E-state index contributed by atoms with van der Waals surface area (Å²) in [6.07, 6.45) is 3.43. The number of carboxylic acid groups (broad SMARTS) is 1. The maximum Gasteiger partial charge on any atom is 0.335 e. The van der Waals surface area contributed by atoms with Crippen molar-refractivity contribution in [2.45, 2.75) is 11.6 Å². The number of carboxylic acids is 1. The zero-order valence-corrected chi connectivity index (χ0v) is 16.4. The second-order valence-electron chi connectivity index (χ2n) is 6.25. The van der Waals surface area contributed by atoms with Crippen LogP contribution in [0.1, 0.15) is 16.8 Å². The van der Waals surface area contributed by atoms with Crippen LogP contribution >= 0.6 is 11.8 Å². The Hall–Kier alpha value is -3.72. The molecule has 9 heteroatoms. The van der Waals surface area contributed by atoms with E-state index < -0.39 is 5.97 Å². The molecule has 8 nitrogen and oxygen atoms in total. The maximum absolute atomic E-state index is 12.2. The Labute approximate surface area is 175 Å². The van der Waals surface area contributed by atoms with Crippen LogP contribution in [0.3, 0.4) is 0 Å². The van der Waals surface area contributed by atoms with Crippen LogP contribution in [0.4, 0.5) is 5.69 Å². The van der Waals surface area contributed by atoms with Gasteiger partial charge in [-0.25, -0.2) is 9.78 Å². The molecule has 152 valence electrons. The number of aromatic carboxylic acids is 1. The van der Waals surface area contributed by atoms with E-state index in [2.05, 4.69) is 15.3 Å². The third kappa shape index (κ3) is 4.47. The number of carbonyl (C=O) groups excluding carboxylic acids is 1. The van der Waals surface area contributed by atoms with Crippen LogP contribution in [0.25, 0.3) is 22.9 Å². The Morgan fingerprint density at radius 1 is 1.03 bits per heavy atom. The average molecular weight is 423 g/mol. The SMILES string of the molecule is O=C(CCSc1nc(-c2ccco2)c(-c2ccco2)[nH]1)Nc1ccc(C(=O)O)cc1. The van der Waals surface area contributed by atoms with Crippen molar-refractivity contribution in [2.75, 3.05) is 11.1 Å². The van der Waals surface area contributed by atoms with Crippen molar-refractivity contribution < 1.29 is 23.5 Å². The lowest BCUT2D eigenvalue weighted by atomic mass is 10.2. The minimum Gasteiger partial charge on any atom is -0.478 e. The Morgan fingerprint density at radius 3 is 2.37 bits per heavy atom. The number of H-pyrrole nitrogens is 1. The highest BCUT2D eigenvalue weighted by Crippen LogP contribution is 2.33. The van der Waals surface area contributed by atoms with Gasteiger partial charge in [0.05, 0.1) is 18.1 Å². The topological polar surface area (TPSA) is 121 Å². The number of aromatic nitrogens is 2. The molecule has 0 aliphatic rings. The van der Waals surface area contributed by atoms with Crippen LogP contribution in [-0.2, 0) is 4.79 Å². The van der Waals surface area contributed by atoms with Gasteiger partial charge >= 0.3 is 5.97 Å². The molecule has 0 radical (unpaired) electrons. The van der Waals surface area contributed by atoms with Gasteiger partial charge < -0.3 is 24.2 Å². The van der Waals surface area contributed by atoms with Gasteiger partial charge in [-0.1, -0.05) is 11.8 Å². The van der Waals surface area contributed by atoms with Crippen LogP contribution in [0, 0.1) is 0 Å². The lowest BCUT2D eigenvalue weighted by Gasteiger charge is -2.05. The summed E-state index contributed by atoms with van der Waals surface area (Å²) in [5.41, 5.74) is 2.06. The fraction of sp³-hybridized carbons (Fsp3) is 0.0952. The molecule has 30 heavy (non-hydrogen) atoms. The lowest BCUT2D eigenvalue weighted by molar-refractivity contribution is -0.115. The number of imidazole rings is 1. The van der Waals surface area contributed by atoms with Gasteiger partial charge in [0, 0.05) is 17.9 Å². The van der Waals surface area contributed by atoms with E-state index in [-0.39, 0.29) is 17.9 Å². The number of amides is 1. The van der Waals surface area contributed by atoms with E-state index in [1.807, 2.05) is 12.1 Å². The van der Waals surface area contributed by atoms with Crippen molar-refractivity contribution in [3.63, 3.8) is 0 Å². The zero-order valence-electron chi connectivity index (χ0n) is 15.6. The minimum atomic E-state index is -1.01. The number of hydrogen-bond acceptors (Lipinski definition) is 6. The van der Waals surface area contributed by atoms with Crippen molar-refractivity contribution in [2.24, 2.45) is 0 Å². The van der Waals surface area contributed by atoms with Crippen LogP contribution in [0.5, 0.6) is 0 Å². The number of benzene rings is 1. The standard InChI is InChI=1S/C21H17N3O5S/c25-17(22-14-7-5-13(6-8-14)20(26)27)9-12-30-21-23-18(15-3-1-10-28-15)19(24-21)16-4-2-11-29-16/h1-8,10-11H,9,12H2,(H,22,25)(H,23,24)(H,26,27). The van der Waals surface area contributed by atoms with E-state index >= 15 is 0 Å². The highest BCUT2D eigenvalue weighted by Gasteiger charge is 2.18. The maximum atomic E-state index is 12.2. The van der Waals surface area contributed by atoms with E-state index in [9.17, 15) is 9.59 Å². The lowest BCUT2D eigenvalue weighted by Crippen LogP contribution is -2.12. The van der Waals surface area contributed by atoms with E-state index in [0.29, 0.717) is 39.5 Å². The molecule has 0 saturated carbocycles. The third-order valence-corrected chi connectivity index (χ3v) is 5.06. The number of thioether (sulfide) groups is 1. The second-order valence-corrected chi connectivity index (χ2v) is 7.33. The van der Waals surface area contributed by atoms with Gasteiger partial charge in [-0.05, 0) is 48.5 Å². The molecule has 1 amide bonds. The second kappa shape index (κ2) is 8.75. The first-order valence-corrected chi connectivity index (χ1v) is 10.0. The summed E-state index contributed by atoms with van der Waals surface area (Å²) < 4.78 is 11.0. The van der Waals surface area contributed by atoms with Gasteiger partial charge in [0.15, 0.2) is 16.7 Å². The number of anilines is 1. The molecule has 0 bridgehead atoms. The molecule has 3 N–H and O–H groups in total. The van der Waals surface area contributed by atoms with Crippen molar-refractivity contribution in [3.05, 3.63) is 66.6 Å². The van der Waals surface area contributed by atoms with Gasteiger partial charge in [0.25, 0.3) is 0 Å². The monoisotopic (exact) mass is 423 g/mol. The van der Waals surface area contributed by atoms with Crippen molar-refractivity contribution in [3.8, 4) is 22.9 Å². The number of aromatic amines is 1. The Balaban J connectivity index is 1.37. The molecule has 4 aromatic rings. The minimum absolute atomic E-state index is 0.168. The quantitative estimate of drug-likeness (QED) is 0.350. The number of furan rings is 2. The fourth-order valence-electron chi connectivity index (χ4n) is 2.77. The van der Waals surface area contributed by atoms with E-state index in [0.717, 1.165) is 0 Å². The Morgan fingerprint density at radius 2 is 1.73 bits per heavy atom. The van der Waals surface area contributed by atoms with Gasteiger partial charge in [-0.2, -0.15) is 0 Å². The molecule has 0 unspecified atom stereocenters. The van der Waals surface area contributed by atoms with E-state index in [1.165, 1.54) is 23.9 Å². The van der Waals surface area contributed by atoms with Gasteiger partial charge in [0.2, 0.25) is 5.91 Å². The number of hydrogen-bond donors (Lipinski definition) is 3. The highest BCUT2D eigenvalue weighted by molar-refractivity contribution is 7.99. The molecular formula is C21H17N3O5S. The molecule has 3 aromatic heterocycles. The summed E-state index contributed by atoms with van der Waals surface area (Å²) >= 11 is 1.41. The molecule has 0 fully saturated rings. The van der Waals surface area contributed by atoms with Crippen molar-refractivity contribution in [1.82, 2.24) is 9.97 Å². The molecule has 0 aliphatic heterocycles. The zero-order chi connectivity index (χ0) is 20.9. The summed E-state index contributed by atoms with van der Waals surface area (Å²) in [6.45, 7) is 0. The average Bonchev–Trinajstić information content (AvgIpc) is 3.49. The van der Waals surface area contributed by atoms with E-state index in [1.54, 1.807) is 36.8 Å². The van der Waals surface area contributed by atoms with Gasteiger partial charge in [-0.3, -0.25) is 4.79 Å². The number of carbonyl (C=O) groups is 2. The van der Waals surface area contributed by atoms with E-state index in [4.69, 9.17) is 13.9 Å². The van der Waals surface area contributed by atoms with Crippen molar-refractivity contribution >= 4 is 29.3 Å². The molecule has 3 heterocycles. The predicted octanol–water partition coefficient (Wildman–Crippen LogP) is 4.75. The first-order valence-electron chi connectivity index (χ1n) is 9.04. The van der Waals surface area contributed by atoms with Crippen LogP contribution in [0.15, 0.2) is 75.0 Å². The Bertz CT molecular complexity index is 1080.